The fraction of sp³-hybridized carbons (Fsp3) is 0.500. The van der Waals surface area contributed by atoms with E-state index in [1.54, 1.807) is 11.8 Å². The van der Waals surface area contributed by atoms with Gasteiger partial charge in [0.1, 0.15) is 0 Å². The maximum Gasteiger partial charge on any atom is 0.0482 e. The molecule has 0 bridgehead atoms. The minimum Gasteiger partial charge on any atom is -0.385 e. The second kappa shape index (κ2) is 7.60. The van der Waals surface area contributed by atoms with Gasteiger partial charge in [-0.1, -0.05) is 6.07 Å². The highest BCUT2D eigenvalue weighted by molar-refractivity contribution is 7.98. The molecule has 0 spiro atoms. The predicted molar refractivity (Wildman–Crippen MR) is 67.8 cm³/mol. The van der Waals surface area contributed by atoms with Gasteiger partial charge in [-0.05, 0) is 37.8 Å². The van der Waals surface area contributed by atoms with E-state index in [9.17, 15) is 0 Å². The van der Waals surface area contributed by atoms with Crippen molar-refractivity contribution in [1.82, 2.24) is 0 Å². The summed E-state index contributed by atoms with van der Waals surface area (Å²) in [5.41, 5.74) is 1.19. The Morgan fingerprint density at radius 2 is 2.27 bits per heavy atom. The minimum atomic E-state index is 0.807. The number of nitrogens with one attached hydrogen (secondary N) is 1. The number of benzene rings is 1. The Hall–Kier alpha value is -0.670. The highest BCUT2D eigenvalue weighted by Gasteiger charge is 1.93. The van der Waals surface area contributed by atoms with Crippen LogP contribution in [0.1, 0.15) is 13.3 Å². The third kappa shape index (κ3) is 5.09. The SMILES string of the molecule is CCOCCCNc1cccc(SC)c1. The van der Waals surface area contributed by atoms with Gasteiger partial charge in [0.05, 0.1) is 0 Å². The van der Waals surface area contributed by atoms with Crippen LogP contribution in [0.5, 0.6) is 0 Å². The summed E-state index contributed by atoms with van der Waals surface area (Å²) in [5, 5.41) is 3.38. The molecular formula is C12H19NOS. The average molecular weight is 225 g/mol. The van der Waals surface area contributed by atoms with Crippen LogP contribution in [0.2, 0.25) is 0 Å². The van der Waals surface area contributed by atoms with E-state index in [1.807, 2.05) is 6.92 Å². The van der Waals surface area contributed by atoms with E-state index in [0.717, 1.165) is 26.2 Å². The van der Waals surface area contributed by atoms with Crippen molar-refractivity contribution >= 4 is 17.4 Å². The Morgan fingerprint density at radius 1 is 1.40 bits per heavy atom. The summed E-state index contributed by atoms with van der Waals surface area (Å²) >= 11 is 1.77. The van der Waals surface area contributed by atoms with Gasteiger partial charge in [0, 0.05) is 30.3 Å². The maximum absolute atomic E-state index is 5.27. The third-order valence-corrected chi connectivity index (χ3v) is 2.79. The number of rotatable bonds is 7. The molecule has 3 heteroatoms. The monoisotopic (exact) mass is 225 g/mol. The first-order valence-electron chi connectivity index (χ1n) is 5.32. The second-order valence-electron chi connectivity index (χ2n) is 3.21. The van der Waals surface area contributed by atoms with Crippen LogP contribution in [0.4, 0.5) is 5.69 Å². The van der Waals surface area contributed by atoms with Gasteiger partial charge < -0.3 is 10.1 Å². The molecule has 1 N–H and O–H groups in total. The highest BCUT2D eigenvalue weighted by atomic mass is 32.2. The summed E-state index contributed by atoms with van der Waals surface area (Å²) in [6, 6.07) is 8.47. The molecule has 1 aromatic carbocycles. The van der Waals surface area contributed by atoms with Crippen LogP contribution in [0.15, 0.2) is 29.2 Å². The van der Waals surface area contributed by atoms with Crippen molar-refractivity contribution in [1.29, 1.82) is 0 Å². The van der Waals surface area contributed by atoms with Gasteiger partial charge in [-0.15, -0.1) is 11.8 Å². The van der Waals surface area contributed by atoms with Crippen molar-refractivity contribution in [3.05, 3.63) is 24.3 Å². The molecule has 0 aromatic heterocycles. The van der Waals surface area contributed by atoms with Crippen molar-refractivity contribution in [2.24, 2.45) is 0 Å². The molecule has 0 saturated heterocycles. The summed E-state index contributed by atoms with van der Waals surface area (Å²) in [6.07, 6.45) is 3.14. The molecule has 15 heavy (non-hydrogen) atoms. The first kappa shape index (κ1) is 12.4. The molecule has 0 heterocycles. The summed E-state index contributed by atoms with van der Waals surface area (Å²) < 4.78 is 5.27. The van der Waals surface area contributed by atoms with E-state index in [-0.39, 0.29) is 0 Å². The Bertz CT molecular complexity index is 278. The van der Waals surface area contributed by atoms with Crippen LogP contribution in [-0.2, 0) is 4.74 Å². The minimum absolute atomic E-state index is 0.807. The molecule has 1 aromatic rings. The van der Waals surface area contributed by atoms with Crippen LogP contribution in [0.25, 0.3) is 0 Å². The molecule has 2 nitrogen and oxygen atoms in total. The molecule has 0 saturated carbocycles. The van der Waals surface area contributed by atoms with E-state index in [2.05, 4.69) is 35.8 Å². The van der Waals surface area contributed by atoms with Gasteiger partial charge in [0.25, 0.3) is 0 Å². The van der Waals surface area contributed by atoms with Crippen molar-refractivity contribution in [2.45, 2.75) is 18.2 Å². The highest BCUT2D eigenvalue weighted by Crippen LogP contribution is 2.18. The lowest BCUT2D eigenvalue weighted by Crippen LogP contribution is -2.05. The standard InChI is InChI=1S/C12H19NOS/c1-3-14-9-5-8-13-11-6-4-7-12(10-11)15-2/h4,6-7,10,13H,3,5,8-9H2,1-2H3. The molecule has 0 atom stereocenters. The van der Waals surface area contributed by atoms with Crippen molar-refractivity contribution in [3.63, 3.8) is 0 Å². The third-order valence-electron chi connectivity index (χ3n) is 2.07. The number of anilines is 1. The average Bonchev–Trinajstić information content (AvgIpc) is 2.29. The lowest BCUT2D eigenvalue weighted by Gasteiger charge is -2.07. The predicted octanol–water partition coefficient (Wildman–Crippen LogP) is 3.25. The van der Waals surface area contributed by atoms with E-state index < -0.39 is 0 Å². The first-order valence-corrected chi connectivity index (χ1v) is 6.55. The first-order chi connectivity index (χ1) is 7.36. The lowest BCUT2D eigenvalue weighted by molar-refractivity contribution is 0.147. The number of thioether (sulfide) groups is 1. The zero-order chi connectivity index (χ0) is 10.9. The summed E-state index contributed by atoms with van der Waals surface area (Å²) in [7, 11) is 0. The molecule has 0 unspecified atom stereocenters. The molecule has 0 aliphatic carbocycles. The smallest absolute Gasteiger partial charge is 0.0482 e. The topological polar surface area (TPSA) is 21.3 Å². The summed E-state index contributed by atoms with van der Waals surface area (Å²) in [6.45, 7) is 4.64. The normalized spacial score (nSPS) is 10.3. The molecule has 0 fully saturated rings. The molecule has 0 amide bonds. The van der Waals surface area contributed by atoms with Crippen LogP contribution in [0, 0.1) is 0 Å². The van der Waals surface area contributed by atoms with E-state index in [4.69, 9.17) is 4.74 Å². The van der Waals surface area contributed by atoms with Crippen molar-refractivity contribution < 1.29 is 4.74 Å². The lowest BCUT2D eigenvalue weighted by atomic mass is 10.3. The van der Waals surface area contributed by atoms with Crippen LogP contribution < -0.4 is 5.32 Å². The Morgan fingerprint density at radius 3 is 3.00 bits per heavy atom. The van der Waals surface area contributed by atoms with Crippen molar-refractivity contribution in [2.75, 3.05) is 31.3 Å². The maximum atomic E-state index is 5.27. The van der Waals surface area contributed by atoms with Crippen molar-refractivity contribution in [3.8, 4) is 0 Å². The molecule has 84 valence electrons. The van der Waals surface area contributed by atoms with Gasteiger partial charge >= 0.3 is 0 Å². The summed E-state index contributed by atoms with van der Waals surface area (Å²) in [5.74, 6) is 0. The second-order valence-corrected chi connectivity index (χ2v) is 4.09. The Labute approximate surface area is 96.4 Å². The Balaban J connectivity index is 2.24. The fourth-order valence-electron chi connectivity index (χ4n) is 1.28. The molecule has 0 radical (unpaired) electrons. The van der Waals surface area contributed by atoms with E-state index in [0.29, 0.717) is 0 Å². The van der Waals surface area contributed by atoms with Crippen LogP contribution >= 0.6 is 11.8 Å². The quantitative estimate of drug-likeness (QED) is 0.568. The molecule has 0 aliphatic heterocycles. The molecule has 0 aliphatic rings. The van der Waals surface area contributed by atoms with Gasteiger partial charge in [-0.2, -0.15) is 0 Å². The zero-order valence-corrected chi connectivity index (χ0v) is 10.3. The van der Waals surface area contributed by atoms with Gasteiger partial charge in [0.15, 0.2) is 0 Å². The van der Waals surface area contributed by atoms with E-state index in [1.165, 1.54) is 10.6 Å². The number of hydrogen-bond donors (Lipinski definition) is 1. The van der Waals surface area contributed by atoms with Gasteiger partial charge in [-0.3, -0.25) is 0 Å². The van der Waals surface area contributed by atoms with Crippen LogP contribution in [-0.4, -0.2) is 26.0 Å². The van der Waals surface area contributed by atoms with Gasteiger partial charge in [-0.25, -0.2) is 0 Å². The molecule has 1 rings (SSSR count). The van der Waals surface area contributed by atoms with Gasteiger partial charge in [0.2, 0.25) is 0 Å². The molecular weight excluding hydrogens is 206 g/mol. The number of ether oxygens (including phenoxy) is 1. The zero-order valence-electron chi connectivity index (χ0n) is 9.45. The number of hydrogen-bond acceptors (Lipinski definition) is 3. The fourth-order valence-corrected chi connectivity index (χ4v) is 1.74. The van der Waals surface area contributed by atoms with Crippen LogP contribution in [0.3, 0.4) is 0 Å². The summed E-state index contributed by atoms with van der Waals surface area (Å²) in [4.78, 5) is 1.30. The Kier molecular flexibility index (Phi) is 6.28. The van der Waals surface area contributed by atoms with E-state index >= 15 is 0 Å². The largest absolute Gasteiger partial charge is 0.385 e.